The van der Waals surface area contributed by atoms with E-state index in [0.717, 1.165) is 12.3 Å². The van der Waals surface area contributed by atoms with E-state index in [9.17, 15) is 4.79 Å². The van der Waals surface area contributed by atoms with Gasteiger partial charge in [0.05, 0.1) is 0 Å². The summed E-state index contributed by atoms with van der Waals surface area (Å²) in [7, 11) is 0. The molecular weight excluding hydrogens is 162 g/mol. The summed E-state index contributed by atoms with van der Waals surface area (Å²) in [6.45, 7) is 0. The second-order valence-electron chi connectivity index (χ2n) is 4.48. The minimum absolute atomic E-state index is 0.257. The number of carbonyl (C=O) groups excluding carboxylic acids is 1. The molecule has 1 heterocycles. The molecule has 1 aliphatic heterocycles. The fraction of sp³-hybridized carbons (Fsp3) is 0.909. The molecule has 1 N–H and O–H groups in total. The number of β-lactam (4-membered cyclic amide) rings is 1. The van der Waals surface area contributed by atoms with Crippen LogP contribution in [0.2, 0.25) is 0 Å². The summed E-state index contributed by atoms with van der Waals surface area (Å²) in [5, 5.41) is 3.02. The standard InChI is InChI=1S/C11H19NO/c13-11-8-10(12-11)9-6-4-2-1-3-5-7-9/h9-10H,1-8H2,(H,12,13). The molecule has 2 heteroatoms. The topological polar surface area (TPSA) is 29.1 Å². The summed E-state index contributed by atoms with van der Waals surface area (Å²) >= 11 is 0. The highest BCUT2D eigenvalue weighted by atomic mass is 16.2. The van der Waals surface area contributed by atoms with Gasteiger partial charge in [0.15, 0.2) is 0 Å². The molecule has 1 atom stereocenters. The first-order valence-electron chi connectivity index (χ1n) is 5.65. The first-order chi connectivity index (χ1) is 6.36. The molecule has 0 radical (unpaired) electrons. The van der Waals surface area contributed by atoms with Gasteiger partial charge in [0.25, 0.3) is 0 Å². The molecule has 0 bridgehead atoms. The second-order valence-corrected chi connectivity index (χ2v) is 4.48. The molecule has 1 aliphatic carbocycles. The van der Waals surface area contributed by atoms with E-state index in [2.05, 4.69) is 5.32 Å². The molecule has 74 valence electrons. The fourth-order valence-corrected chi connectivity index (χ4v) is 2.56. The van der Waals surface area contributed by atoms with Gasteiger partial charge in [0.2, 0.25) is 5.91 Å². The lowest BCUT2D eigenvalue weighted by molar-refractivity contribution is -0.129. The van der Waals surface area contributed by atoms with E-state index in [1.807, 2.05) is 0 Å². The van der Waals surface area contributed by atoms with E-state index in [4.69, 9.17) is 0 Å². The molecule has 0 spiro atoms. The molecule has 0 aromatic carbocycles. The maximum atomic E-state index is 10.8. The lowest BCUT2D eigenvalue weighted by Gasteiger charge is -2.35. The van der Waals surface area contributed by atoms with Gasteiger partial charge in [0, 0.05) is 12.5 Å². The van der Waals surface area contributed by atoms with Crippen LogP contribution in [0.3, 0.4) is 0 Å². The highest BCUT2D eigenvalue weighted by molar-refractivity contribution is 5.82. The van der Waals surface area contributed by atoms with Gasteiger partial charge >= 0.3 is 0 Å². The Morgan fingerprint density at radius 1 is 1.00 bits per heavy atom. The maximum Gasteiger partial charge on any atom is 0.222 e. The van der Waals surface area contributed by atoms with E-state index in [-0.39, 0.29) is 5.91 Å². The van der Waals surface area contributed by atoms with Crippen molar-refractivity contribution in [2.24, 2.45) is 5.92 Å². The first kappa shape index (κ1) is 9.04. The van der Waals surface area contributed by atoms with Crippen molar-refractivity contribution in [2.75, 3.05) is 0 Å². The van der Waals surface area contributed by atoms with E-state index >= 15 is 0 Å². The molecule has 1 unspecified atom stereocenters. The van der Waals surface area contributed by atoms with Gasteiger partial charge in [-0.15, -0.1) is 0 Å². The number of amides is 1. The number of hydrogen-bond donors (Lipinski definition) is 1. The van der Waals surface area contributed by atoms with Crippen LogP contribution in [-0.2, 0) is 4.79 Å². The van der Waals surface area contributed by atoms with Crippen molar-refractivity contribution in [3.05, 3.63) is 0 Å². The monoisotopic (exact) mass is 181 g/mol. The molecule has 1 saturated carbocycles. The van der Waals surface area contributed by atoms with Crippen molar-refractivity contribution in [3.63, 3.8) is 0 Å². The Kier molecular flexibility index (Phi) is 2.87. The SMILES string of the molecule is O=C1CC(C2CCCCCCC2)N1. The highest BCUT2D eigenvalue weighted by Crippen LogP contribution is 2.28. The highest BCUT2D eigenvalue weighted by Gasteiger charge is 2.32. The van der Waals surface area contributed by atoms with Gasteiger partial charge in [-0.25, -0.2) is 0 Å². The van der Waals surface area contributed by atoms with Crippen LogP contribution in [0.15, 0.2) is 0 Å². The Hall–Kier alpha value is -0.530. The third kappa shape index (κ3) is 2.23. The Balaban J connectivity index is 1.79. The van der Waals surface area contributed by atoms with Crippen molar-refractivity contribution in [3.8, 4) is 0 Å². The zero-order valence-electron chi connectivity index (χ0n) is 8.22. The van der Waals surface area contributed by atoms with Crippen LogP contribution in [0.25, 0.3) is 0 Å². The quantitative estimate of drug-likeness (QED) is 0.617. The summed E-state index contributed by atoms with van der Waals surface area (Å²) in [5.41, 5.74) is 0. The second kappa shape index (κ2) is 4.12. The zero-order valence-corrected chi connectivity index (χ0v) is 8.22. The van der Waals surface area contributed by atoms with Crippen LogP contribution < -0.4 is 5.32 Å². The van der Waals surface area contributed by atoms with E-state index in [0.29, 0.717) is 6.04 Å². The normalized spacial score (nSPS) is 31.4. The van der Waals surface area contributed by atoms with Crippen LogP contribution >= 0.6 is 0 Å². The van der Waals surface area contributed by atoms with Crippen LogP contribution in [-0.4, -0.2) is 11.9 Å². The zero-order chi connectivity index (χ0) is 9.10. The Morgan fingerprint density at radius 3 is 2.08 bits per heavy atom. The van der Waals surface area contributed by atoms with Gasteiger partial charge < -0.3 is 5.32 Å². The predicted molar refractivity (Wildman–Crippen MR) is 52.4 cm³/mol. The molecule has 2 fully saturated rings. The lowest BCUT2D eigenvalue weighted by Crippen LogP contribution is -2.52. The fourth-order valence-electron chi connectivity index (χ4n) is 2.56. The summed E-state index contributed by atoms with van der Waals surface area (Å²) < 4.78 is 0. The molecule has 0 aromatic heterocycles. The smallest absolute Gasteiger partial charge is 0.222 e. The average Bonchev–Trinajstić information content (AvgIpc) is 1.99. The molecule has 1 saturated heterocycles. The summed E-state index contributed by atoms with van der Waals surface area (Å²) in [4.78, 5) is 10.8. The first-order valence-corrected chi connectivity index (χ1v) is 5.65. The molecule has 1 amide bonds. The van der Waals surface area contributed by atoms with Gasteiger partial charge in [-0.2, -0.15) is 0 Å². The van der Waals surface area contributed by atoms with Crippen LogP contribution in [0.4, 0.5) is 0 Å². The summed E-state index contributed by atoms with van der Waals surface area (Å²) in [6.07, 6.45) is 10.4. The molecule has 2 nitrogen and oxygen atoms in total. The van der Waals surface area contributed by atoms with Crippen molar-refractivity contribution < 1.29 is 4.79 Å². The average molecular weight is 181 g/mol. The van der Waals surface area contributed by atoms with Gasteiger partial charge in [-0.3, -0.25) is 4.79 Å². The molecule has 0 aromatic rings. The Morgan fingerprint density at radius 2 is 1.54 bits per heavy atom. The van der Waals surface area contributed by atoms with Crippen LogP contribution in [0.5, 0.6) is 0 Å². The van der Waals surface area contributed by atoms with Crippen molar-refractivity contribution in [2.45, 2.75) is 57.4 Å². The van der Waals surface area contributed by atoms with Gasteiger partial charge in [0.1, 0.15) is 0 Å². The van der Waals surface area contributed by atoms with E-state index < -0.39 is 0 Å². The summed E-state index contributed by atoms with van der Waals surface area (Å²) in [5.74, 6) is 1.05. The van der Waals surface area contributed by atoms with Crippen molar-refractivity contribution in [1.29, 1.82) is 0 Å². The van der Waals surface area contributed by atoms with Gasteiger partial charge in [-0.05, 0) is 18.8 Å². The van der Waals surface area contributed by atoms with Gasteiger partial charge in [-0.1, -0.05) is 32.1 Å². The third-order valence-corrected chi connectivity index (χ3v) is 3.47. The van der Waals surface area contributed by atoms with Crippen molar-refractivity contribution in [1.82, 2.24) is 5.32 Å². The minimum atomic E-state index is 0.257. The summed E-state index contributed by atoms with van der Waals surface area (Å²) in [6, 6.07) is 0.533. The van der Waals surface area contributed by atoms with E-state index in [1.54, 1.807) is 0 Å². The number of nitrogens with one attached hydrogen (secondary N) is 1. The minimum Gasteiger partial charge on any atom is -0.353 e. The number of rotatable bonds is 1. The van der Waals surface area contributed by atoms with Crippen molar-refractivity contribution >= 4 is 5.91 Å². The predicted octanol–water partition coefficient (Wildman–Crippen LogP) is 2.24. The maximum absolute atomic E-state index is 10.8. The van der Waals surface area contributed by atoms with E-state index in [1.165, 1.54) is 44.9 Å². The number of carbonyl (C=O) groups is 1. The van der Waals surface area contributed by atoms with Crippen LogP contribution in [0.1, 0.15) is 51.4 Å². The Labute approximate surface area is 80.1 Å². The number of hydrogen-bond acceptors (Lipinski definition) is 1. The largest absolute Gasteiger partial charge is 0.353 e. The molecule has 13 heavy (non-hydrogen) atoms. The molecule has 2 rings (SSSR count). The Bertz CT molecular complexity index is 175. The van der Waals surface area contributed by atoms with Crippen LogP contribution in [0, 0.1) is 5.92 Å². The third-order valence-electron chi connectivity index (χ3n) is 3.47. The lowest BCUT2D eigenvalue weighted by atomic mass is 9.81. The molecule has 2 aliphatic rings. The molecular formula is C11H19NO.